The maximum Gasteiger partial charge on any atom is 0.329 e. The Kier molecular flexibility index (Phi) is 5.74. The third-order valence-corrected chi connectivity index (χ3v) is 5.62. The summed E-state index contributed by atoms with van der Waals surface area (Å²) in [5.74, 6) is 0.355. The van der Waals surface area contributed by atoms with Crippen LogP contribution in [0.3, 0.4) is 0 Å². The Bertz CT molecular complexity index is 993. The number of benzene rings is 2. The van der Waals surface area contributed by atoms with Crippen LogP contribution < -0.4 is 15.0 Å². The normalized spacial score (nSPS) is 18.1. The van der Waals surface area contributed by atoms with E-state index in [9.17, 15) is 9.59 Å². The fraction of sp³-hybridized carbons (Fsp3) is 0.333. The molecule has 0 aliphatic carbocycles. The summed E-state index contributed by atoms with van der Waals surface area (Å²) < 4.78 is 5.58. The fourth-order valence-electron chi connectivity index (χ4n) is 4.03. The van der Waals surface area contributed by atoms with Gasteiger partial charge in [-0.3, -0.25) is 9.69 Å². The number of methoxy groups -OCH3 is 1. The van der Waals surface area contributed by atoms with Gasteiger partial charge < -0.3 is 15.0 Å². The minimum Gasteiger partial charge on any atom is -0.496 e. The molecule has 1 N–H and O–H groups in total. The third-order valence-electron chi connectivity index (χ3n) is 5.62. The molecular weight excluding hydrogens is 378 g/mol. The summed E-state index contributed by atoms with van der Waals surface area (Å²) >= 11 is 0. The number of anilines is 1. The lowest BCUT2D eigenvalue weighted by Crippen LogP contribution is -2.30. The summed E-state index contributed by atoms with van der Waals surface area (Å²) in [7, 11) is 1.62. The molecule has 0 aromatic heterocycles. The molecule has 0 saturated carbocycles. The van der Waals surface area contributed by atoms with E-state index in [1.807, 2.05) is 49.4 Å². The monoisotopic (exact) mass is 405 g/mol. The van der Waals surface area contributed by atoms with Crippen LogP contribution in [0.4, 0.5) is 10.5 Å². The second kappa shape index (κ2) is 8.61. The Labute approximate surface area is 177 Å². The average molecular weight is 405 g/mol. The van der Waals surface area contributed by atoms with Crippen LogP contribution in [0.5, 0.6) is 5.75 Å². The van der Waals surface area contributed by atoms with Gasteiger partial charge in [0, 0.05) is 30.4 Å². The molecule has 156 valence electrons. The molecule has 2 aliphatic heterocycles. The molecule has 2 heterocycles. The Morgan fingerprint density at radius 1 is 1.07 bits per heavy atom. The van der Waals surface area contributed by atoms with Crippen molar-refractivity contribution in [1.29, 1.82) is 0 Å². The Hall–Kier alpha value is -3.28. The summed E-state index contributed by atoms with van der Waals surface area (Å²) in [5, 5.41) is 2.70. The molecule has 3 amide bonds. The number of piperidine rings is 1. The number of ether oxygens (including phenoxy) is 1. The van der Waals surface area contributed by atoms with E-state index in [0.29, 0.717) is 5.75 Å². The maximum atomic E-state index is 12.8. The number of imide groups is 1. The predicted octanol–water partition coefficient (Wildman–Crippen LogP) is 4.09. The van der Waals surface area contributed by atoms with Gasteiger partial charge in [0.2, 0.25) is 0 Å². The first-order valence-electron chi connectivity index (χ1n) is 10.4. The minimum atomic E-state index is -0.406. The number of carbonyl (C=O) groups is 2. The van der Waals surface area contributed by atoms with Crippen molar-refractivity contribution in [3.8, 4) is 5.75 Å². The van der Waals surface area contributed by atoms with Crippen LogP contribution in [-0.4, -0.2) is 37.0 Å². The Balaban J connectivity index is 1.55. The van der Waals surface area contributed by atoms with Gasteiger partial charge in [-0.25, -0.2) is 4.79 Å². The van der Waals surface area contributed by atoms with Crippen molar-refractivity contribution < 1.29 is 14.3 Å². The Morgan fingerprint density at radius 2 is 1.87 bits per heavy atom. The number of hydrogen-bond donors (Lipinski definition) is 1. The lowest BCUT2D eigenvalue weighted by atomic mass is 10.1. The zero-order valence-electron chi connectivity index (χ0n) is 17.5. The molecule has 0 spiro atoms. The molecule has 0 atom stereocenters. The van der Waals surface area contributed by atoms with Gasteiger partial charge in [-0.15, -0.1) is 0 Å². The van der Waals surface area contributed by atoms with Crippen molar-refractivity contribution in [1.82, 2.24) is 10.2 Å². The number of nitrogens with one attached hydrogen (secondary N) is 1. The molecule has 2 aromatic carbocycles. The maximum absolute atomic E-state index is 12.8. The molecule has 4 rings (SSSR count). The topological polar surface area (TPSA) is 61.9 Å². The SMILES string of the molecule is COc1cc(N2CCCCC2)ccc1/C=C1\NC(=O)N(Cc2cccc(C)c2)C1=O. The molecule has 2 saturated heterocycles. The molecule has 0 bridgehead atoms. The van der Waals surface area contributed by atoms with Gasteiger partial charge in [-0.2, -0.15) is 0 Å². The van der Waals surface area contributed by atoms with Crippen LogP contribution in [-0.2, 0) is 11.3 Å². The summed E-state index contributed by atoms with van der Waals surface area (Å²) in [6, 6.07) is 13.4. The summed E-state index contributed by atoms with van der Waals surface area (Å²) in [6.07, 6.45) is 5.37. The quantitative estimate of drug-likeness (QED) is 0.601. The molecule has 2 aromatic rings. The van der Waals surface area contributed by atoms with E-state index in [2.05, 4.69) is 10.2 Å². The molecule has 2 aliphatic rings. The highest BCUT2D eigenvalue weighted by atomic mass is 16.5. The highest BCUT2D eigenvalue weighted by Crippen LogP contribution is 2.30. The first-order valence-corrected chi connectivity index (χ1v) is 10.4. The van der Waals surface area contributed by atoms with Gasteiger partial charge in [-0.1, -0.05) is 29.8 Å². The largest absolute Gasteiger partial charge is 0.496 e. The van der Waals surface area contributed by atoms with Crippen molar-refractivity contribution in [3.05, 3.63) is 64.9 Å². The van der Waals surface area contributed by atoms with Gasteiger partial charge >= 0.3 is 6.03 Å². The molecule has 6 heteroatoms. The second-order valence-electron chi connectivity index (χ2n) is 7.84. The first kappa shape index (κ1) is 20.0. The Morgan fingerprint density at radius 3 is 2.60 bits per heavy atom. The number of hydrogen-bond acceptors (Lipinski definition) is 4. The highest BCUT2D eigenvalue weighted by Gasteiger charge is 2.33. The molecule has 30 heavy (non-hydrogen) atoms. The van der Waals surface area contributed by atoms with Gasteiger partial charge in [0.1, 0.15) is 11.4 Å². The number of aryl methyl sites for hydroxylation is 1. The number of urea groups is 1. The van der Waals surface area contributed by atoms with Crippen LogP contribution in [0.25, 0.3) is 6.08 Å². The summed E-state index contributed by atoms with van der Waals surface area (Å²) in [4.78, 5) is 28.8. The highest BCUT2D eigenvalue weighted by molar-refractivity contribution is 6.14. The lowest BCUT2D eigenvalue weighted by molar-refractivity contribution is -0.123. The first-order chi connectivity index (χ1) is 14.5. The second-order valence-corrected chi connectivity index (χ2v) is 7.84. The molecule has 2 fully saturated rings. The number of amides is 3. The van der Waals surface area contributed by atoms with Gasteiger partial charge in [0.25, 0.3) is 5.91 Å². The van der Waals surface area contributed by atoms with E-state index >= 15 is 0 Å². The standard InChI is InChI=1S/C24H27N3O3/c1-17-7-6-8-18(13-17)16-27-23(28)21(25-24(27)29)14-19-9-10-20(15-22(19)30-2)26-11-4-3-5-12-26/h6-10,13-15H,3-5,11-12,16H2,1-2H3,(H,25,29)/b21-14-. The van der Waals surface area contributed by atoms with Crippen LogP contribution in [0.15, 0.2) is 48.2 Å². The third kappa shape index (κ3) is 4.17. The van der Waals surface area contributed by atoms with Crippen LogP contribution in [0.1, 0.15) is 36.0 Å². The zero-order chi connectivity index (χ0) is 21.1. The van der Waals surface area contributed by atoms with Crippen molar-refractivity contribution in [3.63, 3.8) is 0 Å². The van der Waals surface area contributed by atoms with Crippen molar-refractivity contribution >= 4 is 23.7 Å². The van der Waals surface area contributed by atoms with E-state index < -0.39 is 6.03 Å². The van der Waals surface area contributed by atoms with Crippen molar-refractivity contribution in [2.24, 2.45) is 0 Å². The fourth-order valence-corrected chi connectivity index (χ4v) is 4.03. The van der Waals surface area contributed by atoms with E-state index in [1.165, 1.54) is 24.2 Å². The predicted molar refractivity (Wildman–Crippen MR) is 117 cm³/mol. The minimum absolute atomic E-state index is 0.245. The molecule has 6 nitrogen and oxygen atoms in total. The number of rotatable bonds is 5. The zero-order valence-corrected chi connectivity index (χ0v) is 17.5. The van der Waals surface area contributed by atoms with E-state index in [4.69, 9.17) is 4.74 Å². The molecular formula is C24H27N3O3. The number of carbonyl (C=O) groups excluding carboxylic acids is 2. The number of nitrogens with zero attached hydrogens (tertiary/aromatic N) is 2. The average Bonchev–Trinajstić information content (AvgIpc) is 3.02. The smallest absolute Gasteiger partial charge is 0.329 e. The molecule has 0 radical (unpaired) electrons. The van der Waals surface area contributed by atoms with Gasteiger partial charge in [-0.05, 0) is 50.0 Å². The van der Waals surface area contributed by atoms with Crippen molar-refractivity contribution in [2.45, 2.75) is 32.7 Å². The van der Waals surface area contributed by atoms with Gasteiger partial charge in [0.15, 0.2) is 0 Å². The van der Waals surface area contributed by atoms with E-state index in [0.717, 1.165) is 35.5 Å². The van der Waals surface area contributed by atoms with Crippen LogP contribution in [0.2, 0.25) is 0 Å². The van der Waals surface area contributed by atoms with Crippen molar-refractivity contribution in [2.75, 3.05) is 25.1 Å². The van der Waals surface area contributed by atoms with Gasteiger partial charge in [0.05, 0.1) is 13.7 Å². The van der Waals surface area contributed by atoms with Crippen LogP contribution in [0, 0.1) is 6.92 Å². The van der Waals surface area contributed by atoms with E-state index in [-0.39, 0.29) is 18.1 Å². The lowest BCUT2D eigenvalue weighted by Gasteiger charge is -2.29. The summed E-state index contributed by atoms with van der Waals surface area (Å²) in [5.41, 5.74) is 4.16. The molecule has 0 unspecified atom stereocenters. The summed E-state index contributed by atoms with van der Waals surface area (Å²) in [6.45, 7) is 4.33. The van der Waals surface area contributed by atoms with E-state index in [1.54, 1.807) is 13.2 Å². The van der Waals surface area contributed by atoms with Crippen LogP contribution >= 0.6 is 0 Å².